The molecule has 0 amide bonds. The van der Waals surface area contributed by atoms with Crippen LogP contribution in [0.1, 0.15) is 20.8 Å². The molecule has 0 atom stereocenters. The van der Waals surface area contributed by atoms with E-state index in [2.05, 4.69) is 113 Å². The monoisotopic (exact) mass is 622 g/mol. The van der Waals surface area contributed by atoms with Gasteiger partial charge in [-0.3, -0.25) is 0 Å². The third-order valence-corrected chi connectivity index (χ3v) is 15.8. The molecule has 7 heteroatoms. The zero-order chi connectivity index (χ0) is 30.0. The van der Waals surface area contributed by atoms with Gasteiger partial charge in [0.25, 0.3) is 0 Å². The zero-order valence-electron chi connectivity index (χ0n) is 25.2. The fraction of sp³-hybridized carbons (Fsp3) is 0.167. The lowest BCUT2D eigenvalue weighted by molar-refractivity contribution is 0.487. The van der Waals surface area contributed by atoms with Crippen LogP contribution in [0.25, 0.3) is 21.9 Å². The topological polar surface area (TPSA) is 44.7 Å². The molecule has 0 saturated heterocycles. The quantitative estimate of drug-likeness (QED) is 0.131. The van der Waals surface area contributed by atoms with Crippen molar-refractivity contribution in [2.24, 2.45) is 0 Å². The van der Waals surface area contributed by atoms with Crippen LogP contribution in [0.2, 0.25) is 18.1 Å². The maximum atomic E-state index is 6.82. The molecule has 6 aromatic rings. The van der Waals surface area contributed by atoms with Crippen LogP contribution in [0, 0.1) is 0 Å². The van der Waals surface area contributed by atoms with E-state index in [0.717, 1.165) is 38.7 Å². The van der Waals surface area contributed by atoms with Crippen molar-refractivity contribution in [3.8, 4) is 11.5 Å². The van der Waals surface area contributed by atoms with E-state index in [9.17, 15) is 0 Å². The molecule has 0 unspecified atom stereocenters. The molecular formula is C36H36O4P2Si. The van der Waals surface area contributed by atoms with Gasteiger partial charge in [-0.05, 0) is 67.0 Å². The van der Waals surface area contributed by atoms with E-state index in [-0.39, 0.29) is 5.04 Å². The van der Waals surface area contributed by atoms with E-state index in [1.165, 1.54) is 10.6 Å². The van der Waals surface area contributed by atoms with Gasteiger partial charge in [0.05, 0.1) is 0 Å². The van der Waals surface area contributed by atoms with Gasteiger partial charge in [-0.25, -0.2) is 0 Å². The molecule has 0 N–H and O–H groups in total. The third-order valence-electron chi connectivity index (χ3n) is 7.96. The van der Waals surface area contributed by atoms with Crippen molar-refractivity contribution in [3.63, 3.8) is 0 Å². The molecule has 0 aliphatic carbocycles. The highest BCUT2D eigenvalue weighted by molar-refractivity contribution is 7.80. The predicted molar refractivity (Wildman–Crippen MR) is 185 cm³/mol. The van der Waals surface area contributed by atoms with Crippen LogP contribution in [0.15, 0.2) is 136 Å². The van der Waals surface area contributed by atoms with Gasteiger partial charge >= 0.3 is 8.24 Å². The first-order valence-corrected chi connectivity index (χ1v) is 19.8. The van der Waals surface area contributed by atoms with Crippen molar-refractivity contribution in [1.82, 2.24) is 0 Å². The van der Waals surface area contributed by atoms with Gasteiger partial charge in [0.1, 0.15) is 22.7 Å². The van der Waals surface area contributed by atoms with Crippen LogP contribution in [0.5, 0.6) is 11.5 Å². The summed E-state index contributed by atoms with van der Waals surface area (Å²) < 4.78 is 26.5. The lowest BCUT2D eigenvalue weighted by atomic mass is 10.1. The van der Waals surface area contributed by atoms with Gasteiger partial charge in [-0.1, -0.05) is 118 Å². The van der Waals surface area contributed by atoms with Crippen LogP contribution >= 0.6 is 16.2 Å². The van der Waals surface area contributed by atoms with Gasteiger partial charge in [-0.2, -0.15) is 0 Å². The second kappa shape index (κ2) is 12.1. The maximum Gasteiger partial charge on any atom is 0.453 e. The molecule has 0 aliphatic rings. The second-order valence-electron chi connectivity index (χ2n) is 12.0. The Hall–Kier alpha value is -3.75. The normalized spacial score (nSPS) is 12.0. The van der Waals surface area contributed by atoms with Crippen molar-refractivity contribution < 1.29 is 17.3 Å². The molecule has 1 aromatic heterocycles. The summed E-state index contributed by atoms with van der Waals surface area (Å²) in [5, 5.41) is 5.55. The van der Waals surface area contributed by atoms with Crippen LogP contribution in [0.4, 0.5) is 0 Å². The minimum atomic E-state index is -2.09. The van der Waals surface area contributed by atoms with Crippen LogP contribution in [-0.4, -0.2) is 8.32 Å². The smallest absolute Gasteiger partial charge is 0.453 e. The van der Waals surface area contributed by atoms with E-state index < -0.39 is 24.5 Å². The Morgan fingerprint density at radius 2 is 1.12 bits per heavy atom. The average Bonchev–Trinajstić information content (AvgIpc) is 3.15. The minimum absolute atomic E-state index is 0.0674. The van der Waals surface area contributed by atoms with Crippen LogP contribution in [-0.2, 0) is 0 Å². The van der Waals surface area contributed by atoms with Gasteiger partial charge in [0.2, 0.25) is 8.32 Å². The molecule has 5 aromatic carbocycles. The molecular weight excluding hydrogens is 586 g/mol. The number of rotatable bonds is 7. The lowest BCUT2D eigenvalue weighted by Gasteiger charge is -2.36. The SMILES string of the molecule is CC(C)(C)[Si](C)(C)Oc1ccc(Op2oc3ccccc3c3ccccc3o2)c(P(c2ccccc2)c2ccccc2)c1. The van der Waals surface area contributed by atoms with Crippen molar-refractivity contribution in [2.45, 2.75) is 38.9 Å². The molecule has 4 nitrogen and oxygen atoms in total. The van der Waals surface area contributed by atoms with E-state index in [1.807, 2.05) is 48.5 Å². The molecule has 0 fully saturated rings. The summed E-state index contributed by atoms with van der Waals surface area (Å²) in [5.74, 6) is 1.59. The molecule has 6 rings (SSSR count). The fourth-order valence-corrected chi connectivity index (χ4v) is 9.23. The van der Waals surface area contributed by atoms with Crippen molar-refractivity contribution in [2.75, 3.05) is 0 Å². The Balaban J connectivity index is 1.55. The summed E-state index contributed by atoms with van der Waals surface area (Å²) in [4.78, 5) is 0. The first kappa shape index (κ1) is 29.3. The Kier molecular flexibility index (Phi) is 8.25. The third kappa shape index (κ3) is 6.31. The Bertz CT molecular complexity index is 1800. The van der Waals surface area contributed by atoms with Crippen molar-refractivity contribution >= 4 is 62.3 Å². The number of para-hydroxylation sites is 2. The second-order valence-corrected chi connectivity index (χ2v) is 19.9. The van der Waals surface area contributed by atoms with Crippen molar-refractivity contribution in [1.29, 1.82) is 0 Å². The summed E-state index contributed by atoms with van der Waals surface area (Å²) in [6.45, 7) is 11.3. The predicted octanol–water partition coefficient (Wildman–Crippen LogP) is 10.3. The molecule has 0 aliphatic heterocycles. The number of hydrogen-bond acceptors (Lipinski definition) is 4. The minimum Gasteiger partial charge on any atom is -0.543 e. The van der Waals surface area contributed by atoms with E-state index in [1.54, 1.807) is 0 Å². The van der Waals surface area contributed by atoms with Gasteiger partial charge in [-0.15, -0.1) is 0 Å². The largest absolute Gasteiger partial charge is 0.543 e. The zero-order valence-corrected chi connectivity index (χ0v) is 27.9. The summed E-state index contributed by atoms with van der Waals surface area (Å²) in [6.07, 6.45) is 0. The van der Waals surface area contributed by atoms with E-state index in [4.69, 9.17) is 17.3 Å². The summed E-state index contributed by atoms with van der Waals surface area (Å²) in [5.41, 5.74) is 1.48. The molecule has 218 valence electrons. The van der Waals surface area contributed by atoms with Crippen LogP contribution in [0.3, 0.4) is 0 Å². The lowest BCUT2D eigenvalue weighted by Crippen LogP contribution is -2.44. The highest BCUT2D eigenvalue weighted by atomic mass is 31.1. The molecule has 43 heavy (non-hydrogen) atoms. The highest BCUT2D eigenvalue weighted by Crippen LogP contribution is 2.44. The fourth-order valence-electron chi connectivity index (χ4n) is 4.68. The molecule has 1 heterocycles. The Morgan fingerprint density at radius 1 is 0.628 bits per heavy atom. The Labute approximate surface area is 256 Å². The molecule has 0 radical (unpaired) electrons. The standard InChI is InChI=1S/C36H36O4P2Si/c1-36(2,3)43(4,5)40-27-24-25-34(35(26-27)41(28-16-8-6-9-17-28)29-18-10-7-11-19-29)39-42-37-32-22-14-12-20-30(32)31-21-13-15-23-33(31)38-42/h6-26H,1-5H3. The van der Waals surface area contributed by atoms with Crippen LogP contribution < -0.4 is 24.9 Å². The van der Waals surface area contributed by atoms with Gasteiger partial charge in [0.15, 0.2) is 0 Å². The number of hydrogen-bond donors (Lipinski definition) is 0. The maximum absolute atomic E-state index is 6.82. The highest BCUT2D eigenvalue weighted by Gasteiger charge is 2.39. The summed E-state index contributed by atoms with van der Waals surface area (Å²) in [7, 11) is -4.87. The number of fused-ring (bicyclic) bond motifs is 3. The molecule has 0 spiro atoms. The van der Waals surface area contributed by atoms with E-state index >= 15 is 0 Å². The van der Waals surface area contributed by atoms with Gasteiger partial charge < -0.3 is 17.3 Å². The first-order chi connectivity index (χ1) is 20.7. The average molecular weight is 623 g/mol. The summed E-state index contributed by atoms with van der Waals surface area (Å²) in [6, 6.07) is 43.5. The molecule has 0 bridgehead atoms. The van der Waals surface area contributed by atoms with Crippen molar-refractivity contribution in [3.05, 3.63) is 127 Å². The summed E-state index contributed by atoms with van der Waals surface area (Å²) >= 11 is 0. The molecule has 0 saturated carbocycles. The van der Waals surface area contributed by atoms with E-state index in [0.29, 0.717) is 0 Å². The number of benzene rings is 5. The van der Waals surface area contributed by atoms with Gasteiger partial charge in [0, 0.05) is 16.1 Å². The Morgan fingerprint density at radius 3 is 1.63 bits per heavy atom. The first-order valence-electron chi connectivity index (χ1n) is 14.5.